The monoisotopic (exact) mass is 331 g/mol. The van der Waals surface area contributed by atoms with Gasteiger partial charge in [0.25, 0.3) is 0 Å². The number of hydrogen-bond donors (Lipinski definition) is 1. The molecule has 0 aromatic heterocycles. The van der Waals surface area contributed by atoms with Crippen LogP contribution < -0.4 is 5.32 Å². The van der Waals surface area contributed by atoms with Gasteiger partial charge in [-0.3, -0.25) is 0 Å². The van der Waals surface area contributed by atoms with Crippen molar-refractivity contribution in [2.45, 2.75) is 52.0 Å². The first-order chi connectivity index (χ1) is 8.87. The second-order valence-electron chi connectivity index (χ2n) is 6.18. The Bertz CT molecular complexity index is 436. The molecule has 0 amide bonds. The van der Waals surface area contributed by atoms with Gasteiger partial charge in [-0.2, -0.15) is 0 Å². The molecule has 1 saturated carbocycles. The van der Waals surface area contributed by atoms with Crippen molar-refractivity contribution in [3.05, 3.63) is 28.2 Å². The van der Waals surface area contributed by atoms with Gasteiger partial charge in [-0.25, -0.2) is 8.78 Å². The number of anilines is 1. The van der Waals surface area contributed by atoms with E-state index in [0.717, 1.165) is 25.7 Å². The molecule has 0 bridgehead atoms. The van der Waals surface area contributed by atoms with Crippen molar-refractivity contribution in [2.75, 3.05) is 5.32 Å². The molecule has 4 heteroatoms. The van der Waals surface area contributed by atoms with E-state index in [-0.39, 0.29) is 11.7 Å². The van der Waals surface area contributed by atoms with Gasteiger partial charge in [0.15, 0.2) is 0 Å². The van der Waals surface area contributed by atoms with Crippen LogP contribution in [0.4, 0.5) is 14.5 Å². The van der Waals surface area contributed by atoms with Gasteiger partial charge in [-0.1, -0.05) is 36.2 Å². The van der Waals surface area contributed by atoms with Crippen LogP contribution >= 0.6 is 15.9 Å². The van der Waals surface area contributed by atoms with Gasteiger partial charge in [0.05, 0.1) is 0 Å². The van der Waals surface area contributed by atoms with E-state index in [1.807, 2.05) is 0 Å². The molecule has 1 unspecified atom stereocenters. The minimum atomic E-state index is -0.532. The summed E-state index contributed by atoms with van der Waals surface area (Å²) in [7, 11) is 0. The zero-order chi connectivity index (χ0) is 14.0. The lowest BCUT2D eigenvalue weighted by Gasteiger charge is -2.22. The van der Waals surface area contributed by atoms with Crippen molar-refractivity contribution in [1.29, 1.82) is 0 Å². The lowest BCUT2D eigenvalue weighted by Crippen LogP contribution is -2.20. The Morgan fingerprint density at radius 2 is 1.79 bits per heavy atom. The fourth-order valence-electron chi connectivity index (χ4n) is 2.69. The van der Waals surface area contributed by atoms with Crippen LogP contribution in [0.3, 0.4) is 0 Å². The molecule has 1 fully saturated rings. The zero-order valence-corrected chi connectivity index (χ0v) is 13.0. The zero-order valence-electron chi connectivity index (χ0n) is 11.4. The minimum Gasteiger partial charge on any atom is -0.378 e. The molecule has 0 heterocycles. The number of benzene rings is 1. The molecule has 1 aliphatic carbocycles. The highest BCUT2D eigenvalue weighted by Gasteiger charge is 2.25. The smallest absolute Gasteiger partial charge is 0.150 e. The van der Waals surface area contributed by atoms with Gasteiger partial charge in [0, 0.05) is 10.5 Å². The average Bonchev–Trinajstić information content (AvgIpc) is 2.45. The highest BCUT2D eigenvalue weighted by Crippen LogP contribution is 2.35. The van der Waals surface area contributed by atoms with Gasteiger partial charge in [0.2, 0.25) is 0 Å². The van der Waals surface area contributed by atoms with Gasteiger partial charge in [-0.05, 0) is 43.2 Å². The summed E-state index contributed by atoms with van der Waals surface area (Å²) >= 11 is 3.09. The first-order valence-electron chi connectivity index (χ1n) is 6.78. The van der Waals surface area contributed by atoms with E-state index in [4.69, 9.17) is 0 Å². The molecule has 0 spiro atoms. The van der Waals surface area contributed by atoms with Crippen LogP contribution in [0.5, 0.6) is 0 Å². The predicted octanol–water partition coefficient (Wildman–Crippen LogP) is 5.50. The molecule has 0 aliphatic heterocycles. The van der Waals surface area contributed by atoms with E-state index in [0.29, 0.717) is 9.89 Å². The summed E-state index contributed by atoms with van der Waals surface area (Å²) in [5.74, 6) is -1.06. The molecule has 0 radical (unpaired) electrons. The summed E-state index contributed by atoms with van der Waals surface area (Å²) in [6.07, 6.45) is 5.30. The van der Waals surface area contributed by atoms with Crippen LogP contribution in [0.2, 0.25) is 0 Å². The summed E-state index contributed by atoms with van der Waals surface area (Å²) in [5.41, 5.74) is 0.348. The molecule has 2 rings (SSSR count). The second kappa shape index (κ2) is 5.78. The SMILES string of the molecule is CC1(C)CCCC(Nc2c(F)cc(Br)cc2F)CC1. The van der Waals surface area contributed by atoms with E-state index < -0.39 is 11.6 Å². The standard InChI is InChI=1S/C15H20BrF2N/c1-15(2)6-3-4-11(5-7-15)19-14-12(17)8-10(16)9-13(14)18/h8-9,11,19H,3-7H2,1-2H3. The summed E-state index contributed by atoms with van der Waals surface area (Å²) in [6, 6.07) is 2.75. The van der Waals surface area contributed by atoms with Crippen molar-refractivity contribution in [3.63, 3.8) is 0 Å². The molecule has 1 atom stereocenters. The van der Waals surface area contributed by atoms with E-state index in [1.54, 1.807) is 0 Å². The van der Waals surface area contributed by atoms with Gasteiger partial charge >= 0.3 is 0 Å². The van der Waals surface area contributed by atoms with Crippen LogP contribution in [-0.2, 0) is 0 Å². The Labute approximate surface area is 121 Å². The van der Waals surface area contributed by atoms with Crippen molar-refractivity contribution in [3.8, 4) is 0 Å². The molecule has 0 saturated heterocycles. The minimum absolute atomic E-state index is 0.00732. The third-order valence-corrected chi connectivity index (χ3v) is 4.39. The van der Waals surface area contributed by atoms with Gasteiger partial charge < -0.3 is 5.32 Å². The lowest BCUT2D eigenvalue weighted by molar-refractivity contribution is 0.313. The first kappa shape index (κ1) is 14.8. The fourth-order valence-corrected chi connectivity index (χ4v) is 3.09. The Hall–Kier alpha value is -0.640. The van der Waals surface area contributed by atoms with Crippen molar-refractivity contribution < 1.29 is 8.78 Å². The normalized spacial score (nSPS) is 22.9. The van der Waals surface area contributed by atoms with Crippen LogP contribution in [0, 0.1) is 17.0 Å². The maximum absolute atomic E-state index is 13.8. The van der Waals surface area contributed by atoms with Crippen LogP contribution in [0.15, 0.2) is 16.6 Å². The van der Waals surface area contributed by atoms with E-state index in [1.165, 1.54) is 18.6 Å². The van der Waals surface area contributed by atoms with Crippen LogP contribution in [0.25, 0.3) is 0 Å². The molecule has 1 aliphatic rings. The summed E-state index contributed by atoms with van der Waals surface area (Å²) in [5, 5.41) is 3.05. The van der Waals surface area contributed by atoms with Gasteiger partial charge in [0.1, 0.15) is 17.3 Å². The van der Waals surface area contributed by atoms with E-state index in [2.05, 4.69) is 35.1 Å². The summed E-state index contributed by atoms with van der Waals surface area (Å²) in [6.45, 7) is 4.52. The number of halogens is 3. The Kier molecular flexibility index (Phi) is 4.49. The predicted molar refractivity (Wildman–Crippen MR) is 78.3 cm³/mol. The maximum atomic E-state index is 13.8. The molecule has 19 heavy (non-hydrogen) atoms. The molecule has 106 valence electrons. The van der Waals surface area contributed by atoms with Crippen molar-refractivity contribution in [2.24, 2.45) is 5.41 Å². The van der Waals surface area contributed by atoms with Crippen molar-refractivity contribution in [1.82, 2.24) is 0 Å². The summed E-state index contributed by atoms with van der Waals surface area (Å²) in [4.78, 5) is 0. The average molecular weight is 332 g/mol. The number of hydrogen-bond acceptors (Lipinski definition) is 1. The molecule has 1 nitrogen and oxygen atoms in total. The molecular formula is C15H20BrF2N. The molecule has 1 aromatic carbocycles. The van der Waals surface area contributed by atoms with E-state index >= 15 is 0 Å². The number of rotatable bonds is 2. The molecule has 1 aromatic rings. The number of nitrogens with one attached hydrogen (secondary N) is 1. The van der Waals surface area contributed by atoms with E-state index in [9.17, 15) is 8.78 Å². The fraction of sp³-hybridized carbons (Fsp3) is 0.600. The van der Waals surface area contributed by atoms with Crippen molar-refractivity contribution >= 4 is 21.6 Å². The van der Waals surface area contributed by atoms with Crippen LogP contribution in [-0.4, -0.2) is 6.04 Å². The highest BCUT2D eigenvalue weighted by molar-refractivity contribution is 9.10. The maximum Gasteiger partial charge on any atom is 0.150 e. The quantitative estimate of drug-likeness (QED) is 0.705. The third-order valence-electron chi connectivity index (χ3n) is 3.93. The summed E-state index contributed by atoms with van der Waals surface area (Å²) < 4.78 is 28.0. The Morgan fingerprint density at radius 3 is 2.42 bits per heavy atom. The molecule has 1 N–H and O–H groups in total. The Morgan fingerprint density at radius 1 is 1.16 bits per heavy atom. The highest BCUT2D eigenvalue weighted by atomic mass is 79.9. The molecular weight excluding hydrogens is 312 g/mol. The lowest BCUT2D eigenvalue weighted by atomic mass is 9.85. The topological polar surface area (TPSA) is 12.0 Å². The van der Waals surface area contributed by atoms with Crippen LogP contribution in [0.1, 0.15) is 46.0 Å². The first-order valence-corrected chi connectivity index (χ1v) is 7.58. The van der Waals surface area contributed by atoms with Gasteiger partial charge in [-0.15, -0.1) is 0 Å². The second-order valence-corrected chi connectivity index (χ2v) is 7.10. The largest absolute Gasteiger partial charge is 0.378 e. The Balaban J connectivity index is 2.09. The third kappa shape index (κ3) is 3.91.